The minimum Gasteiger partial charge on any atom is -0.491 e. The van der Waals surface area contributed by atoms with Crippen LogP contribution in [-0.2, 0) is 16.0 Å². The van der Waals surface area contributed by atoms with Crippen molar-refractivity contribution in [2.45, 2.75) is 19.7 Å². The lowest BCUT2D eigenvalue weighted by Gasteiger charge is -2.14. The lowest BCUT2D eigenvalue weighted by atomic mass is 10.2. The van der Waals surface area contributed by atoms with E-state index in [9.17, 15) is 18.0 Å². The molecule has 0 aliphatic carbocycles. The Labute approximate surface area is 107 Å². The van der Waals surface area contributed by atoms with Crippen molar-refractivity contribution in [2.75, 3.05) is 14.2 Å². The van der Waals surface area contributed by atoms with E-state index in [0.717, 1.165) is 0 Å². The number of aryl methyl sites for hydroxylation is 1. The van der Waals surface area contributed by atoms with E-state index in [-0.39, 0.29) is 17.9 Å². The Morgan fingerprint density at radius 3 is 2.47 bits per heavy atom. The average Bonchev–Trinajstić information content (AvgIpc) is 2.26. The SMILES string of the molecule is COC(=O)Cc1cc(C)c(OC)c(OC(F)(F)F)n1. The first-order chi connectivity index (χ1) is 8.76. The highest BCUT2D eigenvalue weighted by Crippen LogP contribution is 2.33. The summed E-state index contributed by atoms with van der Waals surface area (Å²) in [6, 6.07) is 1.43. The number of nitrogens with zero attached hydrogens (tertiary/aromatic N) is 1. The summed E-state index contributed by atoms with van der Waals surface area (Å²) >= 11 is 0. The van der Waals surface area contributed by atoms with Gasteiger partial charge in [-0.1, -0.05) is 0 Å². The molecule has 8 heteroatoms. The molecule has 0 aromatic carbocycles. The van der Waals surface area contributed by atoms with Crippen LogP contribution in [-0.4, -0.2) is 31.5 Å². The Balaban J connectivity index is 3.14. The first-order valence-electron chi connectivity index (χ1n) is 5.14. The van der Waals surface area contributed by atoms with Crippen LogP contribution in [0.4, 0.5) is 13.2 Å². The number of hydrogen-bond acceptors (Lipinski definition) is 5. The topological polar surface area (TPSA) is 57.7 Å². The van der Waals surface area contributed by atoms with Gasteiger partial charge in [0.25, 0.3) is 5.88 Å². The molecule has 0 aliphatic heterocycles. The number of methoxy groups -OCH3 is 2. The van der Waals surface area contributed by atoms with Gasteiger partial charge in [0.15, 0.2) is 5.75 Å². The summed E-state index contributed by atoms with van der Waals surface area (Å²) in [6.45, 7) is 1.52. The first-order valence-corrected chi connectivity index (χ1v) is 5.14. The van der Waals surface area contributed by atoms with Crippen LogP contribution in [0.15, 0.2) is 6.07 Å². The summed E-state index contributed by atoms with van der Waals surface area (Å²) in [7, 11) is 2.37. The van der Waals surface area contributed by atoms with Crippen molar-refractivity contribution in [3.63, 3.8) is 0 Å². The summed E-state index contributed by atoms with van der Waals surface area (Å²) in [5, 5.41) is 0. The van der Waals surface area contributed by atoms with Gasteiger partial charge in [-0.15, -0.1) is 13.2 Å². The largest absolute Gasteiger partial charge is 0.574 e. The number of alkyl halides is 3. The second-order valence-corrected chi connectivity index (χ2v) is 3.57. The van der Waals surface area contributed by atoms with Crippen molar-refractivity contribution in [1.82, 2.24) is 4.98 Å². The van der Waals surface area contributed by atoms with Crippen LogP contribution < -0.4 is 9.47 Å². The zero-order valence-electron chi connectivity index (χ0n) is 10.5. The van der Waals surface area contributed by atoms with Gasteiger partial charge in [0.05, 0.1) is 26.3 Å². The lowest BCUT2D eigenvalue weighted by Crippen LogP contribution is -2.19. The van der Waals surface area contributed by atoms with E-state index < -0.39 is 18.2 Å². The smallest absolute Gasteiger partial charge is 0.491 e. The summed E-state index contributed by atoms with van der Waals surface area (Å²) in [4.78, 5) is 14.7. The van der Waals surface area contributed by atoms with Crippen molar-refractivity contribution < 1.29 is 32.2 Å². The van der Waals surface area contributed by atoms with Crippen LogP contribution >= 0.6 is 0 Å². The number of pyridine rings is 1. The summed E-state index contributed by atoms with van der Waals surface area (Å²) in [5.41, 5.74) is 0.472. The van der Waals surface area contributed by atoms with Crippen molar-refractivity contribution in [3.05, 3.63) is 17.3 Å². The molecule has 0 aliphatic rings. The van der Waals surface area contributed by atoms with E-state index in [0.29, 0.717) is 5.56 Å². The zero-order chi connectivity index (χ0) is 14.6. The van der Waals surface area contributed by atoms with Crippen LogP contribution in [0, 0.1) is 6.92 Å². The maximum absolute atomic E-state index is 12.2. The van der Waals surface area contributed by atoms with E-state index in [4.69, 9.17) is 4.74 Å². The van der Waals surface area contributed by atoms with Crippen molar-refractivity contribution in [2.24, 2.45) is 0 Å². The third kappa shape index (κ3) is 4.31. The fraction of sp³-hybridized carbons (Fsp3) is 0.455. The molecule has 0 saturated carbocycles. The van der Waals surface area contributed by atoms with E-state index in [1.807, 2.05) is 0 Å². The first kappa shape index (κ1) is 15.1. The molecular formula is C11H12F3NO4. The molecule has 0 unspecified atom stereocenters. The molecule has 19 heavy (non-hydrogen) atoms. The predicted octanol–water partition coefficient (Wildman–Crippen LogP) is 2.01. The molecular weight excluding hydrogens is 267 g/mol. The summed E-state index contributed by atoms with van der Waals surface area (Å²) < 4.78 is 49.7. The van der Waals surface area contributed by atoms with Gasteiger partial charge in [0.2, 0.25) is 0 Å². The predicted molar refractivity (Wildman–Crippen MR) is 57.9 cm³/mol. The summed E-state index contributed by atoms with van der Waals surface area (Å²) in [5.74, 6) is -1.48. The minimum atomic E-state index is -4.89. The molecule has 0 amide bonds. The Bertz CT molecular complexity index is 474. The maximum Gasteiger partial charge on any atom is 0.574 e. The second-order valence-electron chi connectivity index (χ2n) is 3.57. The number of carbonyl (C=O) groups excluding carboxylic acids is 1. The van der Waals surface area contributed by atoms with Gasteiger partial charge in [-0.2, -0.15) is 0 Å². The van der Waals surface area contributed by atoms with Crippen molar-refractivity contribution >= 4 is 5.97 Å². The number of rotatable bonds is 4. The van der Waals surface area contributed by atoms with Crippen molar-refractivity contribution in [3.8, 4) is 11.6 Å². The Kier molecular flexibility index (Phi) is 4.57. The third-order valence-electron chi connectivity index (χ3n) is 2.15. The molecule has 0 fully saturated rings. The van der Waals surface area contributed by atoms with Crippen LogP contribution in [0.5, 0.6) is 11.6 Å². The van der Waals surface area contributed by atoms with Gasteiger partial charge in [0.1, 0.15) is 0 Å². The number of esters is 1. The molecule has 1 rings (SSSR count). The van der Waals surface area contributed by atoms with E-state index in [1.54, 1.807) is 0 Å². The highest BCUT2D eigenvalue weighted by atomic mass is 19.4. The zero-order valence-corrected chi connectivity index (χ0v) is 10.5. The van der Waals surface area contributed by atoms with Gasteiger partial charge in [0, 0.05) is 0 Å². The molecule has 0 saturated heterocycles. The highest BCUT2D eigenvalue weighted by molar-refractivity contribution is 5.72. The van der Waals surface area contributed by atoms with Crippen LogP contribution in [0.25, 0.3) is 0 Å². The fourth-order valence-electron chi connectivity index (χ4n) is 1.44. The molecule has 5 nitrogen and oxygen atoms in total. The molecule has 106 valence electrons. The number of hydrogen-bond donors (Lipinski definition) is 0. The van der Waals surface area contributed by atoms with Crippen LogP contribution in [0.2, 0.25) is 0 Å². The lowest BCUT2D eigenvalue weighted by molar-refractivity contribution is -0.276. The quantitative estimate of drug-likeness (QED) is 0.789. The molecule has 0 radical (unpaired) electrons. The molecule has 0 atom stereocenters. The highest BCUT2D eigenvalue weighted by Gasteiger charge is 2.34. The Morgan fingerprint density at radius 2 is 2.00 bits per heavy atom. The molecule has 0 N–H and O–H groups in total. The fourth-order valence-corrected chi connectivity index (χ4v) is 1.44. The maximum atomic E-state index is 12.2. The van der Waals surface area contributed by atoms with E-state index in [1.165, 1.54) is 27.2 Å². The third-order valence-corrected chi connectivity index (χ3v) is 2.15. The normalized spacial score (nSPS) is 11.1. The number of carbonyl (C=O) groups is 1. The van der Waals surface area contributed by atoms with Gasteiger partial charge in [-0.3, -0.25) is 4.79 Å². The molecule has 0 bridgehead atoms. The van der Waals surface area contributed by atoms with Gasteiger partial charge in [-0.05, 0) is 18.6 Å². The molecule has 0 spiro atoms. The monoisotopic (exact) mass is 279 g/mol. The Morgan fingerprint density at radius 1 is 1.37 bits per heavy atom. The number of halogens is 3. The van der Waals surface area contributed by atoms with Gasteiger partial charge < -0.3 is 14.2 Å². The molecule has 1 aromatic heterocycles. The van der Waals surface area contributed by atoms with Crippen LogP contribution in [0.1, 0.15) is 11.3 Å². The van der Waals surface area contributed by atoms with Crippen molar-refractivity contribution in [1.29, 1.82) is 0 Å². The second kappa shape index (κ2) is 5.77. The van der Waals surface area contributed by atoms with Gasteiger partial charge in [-0.25, -0.2) is 4.98 Å². The minimum absolute atomic E-state index is 0.101. The molecule has 1 aromatic rings. The van der Waals surface area contributed by atoms with E-state index >= 15 is 0 Å². The Hall–Kier alpha value is -1.99. The number of aromatic nitrogens is 1. The average molecular weight is 279 g/mol. The summed E-state index contributed by atoms with van der Waals surface area (Å²) in [6.07, 6.45) is -5.15. The molecule has 1 heterocycles. The number of ether oxygens (including phenoxy) is 3. The van der Waals surface area contributed by atoms with E-state index in [2.05, 4.69) is 14.5 Å². The van der Waals surface area contributed by atoms with Gasteiger partial charge >= 0.3 is 12.3 Å². The van der Waals surface area contributed by atoms with Crippen LogP contribution in [0.3, 0.4) is 0 Å². The standard InChI is InChI=1S/C11H12F3NO4/c1-6-4-7(5-8(16)17-2)15-10(9(6)18-3)19-11(12,13)14/h4H,5H2,1-3H3.